The van der Waals surface area contributed by atoms with Gasteiger partial charge in [-0.2, -0.15) is 0 Å². The highest BCUT2D eigenvalue weighted by Gasteiger charge is 2.31. The smallest absolute Gasteiger partial charge is 0.0701 e. The zero-order valence-corrected chi connectivity index (χ0v) is 7.42. The van der Waals surface area contributed by atoms with Gasteiger partial charge in [0.05, 0.1) is 19.3 Å². The molecule has 0 spiro atoms. The van der Waals surface area contributed by atoms with E-state index in [9.17, 15) is 0 Å². The average molecular weight is 158 g/mol. The SMILES string of the molecule is CC(C)C1CC(OCCO)C1. The third-order valence-electron chi connectivity index (χ3n) is 2.52. The van der Waals surface area contributed by atoms with Crippen LogP contribution in [0.4, 0.5) is 0 Å². The molecule has 1 aliphatic carbocycles. The molecule has 0 amide bonds. The van der Waals surface area contributed by atoms with E-state index in [0.29, 0.717) is 12.7 Å². The van der Waals surface area contributed by atoms with Crippen LogP contribution < -0.4 is 0 Å². The predicted molar refractivity (Wildman–Crippen MR) is 44.4 cm³/mol. The van der Waals surface area contributed by atoms with Crippen LogP contribution in [0.5, 0.6) is 0 Å². The largest absolute Gasteiger partial charge is 0.394 e. The molecule has 1 fully saturated rings. The molecule has 0 aromatic heterocycles. The minimum Gasteiger partial charge on any atom is -0.394 e. The summed E-state index contributed by atoms with van der Waals surface area (Å²) < 4.78 is 5.36. The third-order valence-corrected chi connectivity index (χ3v) is 2.52. The van der Waals surface area contributed by atoms with Crippen molar-refractivity contribution in [1.82, 2.24) is 0 Å². The van der Waals surface area contributed by atoms with Crippen LogP contribution in [0.15, 0.2) is 0 Å². The molecule has 0 saturated heterocycles. The first-order valence-corrected chi connectivity index (χ1v) is 4.46. The molecule has 1 N–H and O–H groups in total. The Morgan fingerprint density at radius 2 is 2.09 bits per heavy atom. The summed E-state index contributed by atoms with van der Waals surface area (Å²) in [5.74, 6) is 1.66. The minimum absolute atomic E-state index is 0.156. The molecule has 1 rings (SSSR count). The molecule has 0 heterocycles. The first-order chi connectivity index (χ1) is 5.24. The van der Waals surface area contributed by atoms with Crippen molar-refractivity contribution in [2.45, 2.75) is 32.8 Å². The summed E-state index contributed by atoms with van der Waals surface area (Å²) in [6.07, 6.45) is 2.82. The van der Waals surface area contributed by atoms with E-state index in [-0.39, 0.29) is 6.61 Å². The predicted octanol–water partition coefficient (Wildman–Crippen LogP) is 1.43. The maximum absolute atomic E-state index is 8.48. The topological polar surface area (TPSA) is 29.5 Å². The molecular weight excluding hydrogens is 140 g/mol. The second-order valence-corrected chi connectivity index (χ2v) is 3.69. The van der Waals surface area contributed by atoms with Crippen molar-refractivity contribution in [3.63, 3.8) is 0 Å². The summed E-state index contributed by atoms with van der Waals surface area (Å²) >= 11 is 0. The van der Waals surface area contributed by atoms with Crippen molar-refractivity contribution < 1.29 is 9.84 Å². The van der Waals surface area contributed by atoms with Crippen molar-refractivity contribution in [1.29, 1.82) is 0 Å². The van der Waals surface area contributed by atoms with Crippen LogP contribution in [-0.4, -0.2) is 24.4 Å². The van der Waals surface area contributed by atoms with Gasteiger partial charge in [-0.1, -0.05) is 13.8 Å². The van der Waals surface area contributed by atoms with Gasteiger partial charge in [-0.3, -0.25) is 0 Å². The minimum atomic E-state index is 0.156. The van der Waals surface area contributed by atoms with Crippen LogP contribution in [-0.2, 0) is 4.74 Å². The molecule has 0 aromatic carbocycles. The van der Waals surface area contributed by atoms with Crippen LogP contribution in [0.2, 0.25) is 0 Å². The van der Waals surface area contributed by atoms with Crippen LogP contribution in [0.1, 0.15) is 26.7 Å². The molecule has 0 bridgehead atoms. The first kappa shape index (κ1) is 9.01. The summed E-state index contributed by atoms with van der Waals surface area (Å²) in [7, 11) is 0. The molecule has 1 aliphatic rings. The average Bonchev–Trinajstić information content (AvgIpc) is 1.84. The highest BCUT2D eigenvalue weighted by Crippen LogP contribution is 2.35. The molecule has 1 saturated carbocycles. The highest BCUT2D eigenvalue weighted by atomic mass is 16.5. The first-order valence-electron chi connectivity index (χ1n) is 4.46. The number of hydrogen-bond donors (Lipinski definition) is 1. The Bertz CT molecular complexity index is 106. The summed E-state index contributed by atoms with van der Waals surface area (Å²) in [6, 6.07) is 0. The Labute approximate surface area is 68.6 Å². The maximum Gasteiger partial charge on any atom is 0.0701 e. The maximum atomic E-state index is 8.48. The Morgan fingerprint density at radius 3 is 2.55 bits per heavy atom. The zero-order valence-electron chi connectivity index (χ0n) is 7.42. The van der Waals surface area contributed by atoms with Crippen molar-refractivity contribution in [3.8, 4) is 0 Å². The Kier molecular flexibility index (Phi) is 3.34. The van der Waals surface area contributed by atoms with Gasteiger partial charge in [-0.05, 0) is 24.7 Å². The van der Waals surface area contributed by atoms with Gasteiger partial charge in [0.15, 0.2) is 0 Å². The van der Waals surface area contributed by atoms with Gasteiger partial charge in [-0.15, -0.1) is 0 Å². The molecule has 0 aromatic rings. The molecule has 0 radical (unpaired) electrons. The van der Waals surface area contributed by atoms with E-state index in [2.05, 4.69) is 13.8 Å². The van der Waals surface area contributed by atoms with Gasteiger partial charge in [0.1, 0.15) is 0 Å². The van der Waals surface area contributed by atoms with Crippen molar-refractivity contribution in [3.05, 3.63) is 0 Å². The number of ether oxygens (including phenoxy) is 1. The lowest BCUT2D eigenvalue weighted by Crippen LogP contribution is -2.34. The summed E-state index contributed by atoms with van der Waals surface area (Å²) in [5, 5.41) is 8.48. The number of hydrogen-bond acceptors (Lipinski definition) is 2. The molecule has 0 aliphatic heterocycles. The lowest BCUT2D eigenvalue weighted by Gasteiger charge is -2.37. The van der Waals surface area contributed by atoms with E-state index in [1.165, 1.54) is 12.8 Å². The summed E-state index contributed by atoms with van der Waals surface area (Å²) in [5.41, 5.74) is 0. The summed E-state index contributed by atoms with van der Waals surface area (Å²) in [6.45, 7) is 5.18. The molecule has 11 heavy (non-hydrogen) atoms. The van der Waals surface area contributed by atoms with Gasteiger partial charge in [-0.25, -0.2) is 0 Å². The van der Waals surface area contributed by atoms with Crippen molar-refractivity contribution >= 4 is 0 Å². The molecule has 66 valence electrons. The van der Waals surface area contributed by atoms with E-state index in [4.69, 9.17) is 9.84 Å². The molecule has 0 unspecified atom stereocenters. The van der Waals surface area contributed by atoms with Crippen LogP contribution in [0.3, 0.4) is 0 Å². The molecular formula is C9H18O2. The second-order valence-electron chi connectivity index (χ2n) is 3.69. The van der Waals surface area contributed by atoms with Crippen LogP contribution >= 0.6 is 0 Å². The monoisotopic (exact) mass is 158 g/mol. The van der Waals surface area contributed by atoms with Gasteiger partial charge < -0.3 is 9.84 Å². The van der Waals surface area contributed by atoms with E-state index >= 15 is 0 Å². The normalized spacial score (nSPS) is 30.5. The highest BCUT2D eigenvalue weighted by molar-refractivity contribution is 4.81. The number of aliphatic hydroxyl groups is 1. The fourth-order valence-electron chi connectivity index (χ4n) is 1.51. The van der Waals surface area contributed by atoms with Crippen molar-refractivity contribution in [2.24, 2.45) is 11.8 Å². The summed E-state index contributed by atoms with van der Waals surface area (Å²) in [4.78, 5) is 0. The Hall–Kier alpha value is -0.0800. The van der Waals surface area contributed by atoms with Gasteiger partial charge >= 0.3 is 0 Å². The van der Waals surface area contributed by atoms with Crippen LogP contribution in [0.25, 0.3) is 0 Å². The van der Waals surface area contributed by atoms with E-state index in [1.54, 1.807) is 0 Å². The fourth-order valence-corrected chi connectivity index (χ4v) is 1.51. The molecule has 2 heteroatoms. The molecule has 0 atom stereocenters. The van der Waals surface area contributed by atoms with E-state index in [1.807, 2.05) is 0 Å². The zero-order chi connectivity index (χ0) is 8.27. The lowest BCUT2D eigenvalue weighted by atomic mass is 9.75. The fraction of sp³-hybridized carbons (Fsp3) is 1.00. The van der Waals surface area contributed by atoms with Crippen LogP contribution in [0, 0.1) is 11.8 Å². The second kappa shape index (κ2) is 4.07. The Morgan fingerprint density at radius 1 is 1.45 bits per heavy atom. The standard InChI is InChI=1S/C9H18O2/c1-7(2)8-5-9(6-8)11-4-3-10/h7-10H,3-6H2,1-2H3. The Balaban J connectivity index is 2.00. The number of aliphatic hydroxyl groups excluding tert-OH is 1. The number of rotatable bonds is 4. The van der Waals surface area contributed by atoms with Gasteiger partial charge in [0.25, 0.3) is 0 Å². The third kappa shape index (κ3) is 2.46. The van der Waals surface area contributed by atoms with Gasteiger partial charge in [0, 0.05) is 0 Å². The quantitative estimate of drug-likeness (QED) is 0.670. The van der Waals surface area contributed by atoms with Gasteiger partial charge in [0.2, 0.25) is 0 Å². The van der Waals surface area contributed by atoms with Crippen molar-refractivity contribution in [2.75, 3.05) is 13.2 Å². The molecule has 2 nitrogen and oxygen atoms in total. The van der Waals surface area contributed by atoms with E-state index < -0.39 is 0 Å². The lowest BCUT2D eigenvalue weighted by molar-refractivity contribution is -0.0533. The van der Waals surface area contributed by atoms with E-state index in [0.717, 1.165) is 11.8 Å².